The van der Waals surface area contributed by atoms with Gasteiger partial charge in [-0.2, -0.15) is 11.8 Å². The second-order valence-corrected chi connectivity index (χ2v) is 7.22. The molecule has 20 heavy (non-hydrogen) atoms. The lowest BCUT2D eigenvalue weighted by Gasteiger charge is -2.38. The first-order chi connectivity index (χ1) is 9.61. The second-order valence-electron chi connectivity index (χ2n) is 5.23. The van der Waals surface area contributed by atoms with Gasteiger partial charge in [0.1, 0.15) is 0 Å². The van der Waals surface area contributed by atoms with Crippen LogP contribution in [0.15, 0.2) is 18.2 Å². The van der Waals surface area contributed by atoms with E-state index in [1.54, 1.807) is 0 Å². The van der Waals surface area contributed by atoms with E-state index < -0.39 is 0 Å². The number of likely N-dealkylation sites (N-methyl/N-ethyl adjacent to an activating group) is 2. The van der Waals surface area contributed by atoms with Crippen LogP contribution in [0.3, 0.4) is 0 Å². The molecule has 112 valence electrons. The normalized spacial score (nSPS) is 21.9. The van der Waals surface area contributed by atoms with Crippen LogP contribution in [0.1, 0.15) is 12.5 Å². The summed E-state index contributed by atoms with van der Waals surface area (Å²) in [7, 11) is 2.22. The van der Waals surface area contributed by atoms with Crippen LogP contribution < -0.4 is 5.32 Å². The van der Waals surface area contributed by atoms with Crippen LogP contribution in [0.25, 0.3) is 0 Å². The van der Waals surface area contributed by atoms with E-state index in [1.807, 2.05) is 30.0 Å². The van der Waals surface area contributed by atoms with E-state index in [9.17, 15) is 0 Å². The monoisotopic (exact) mass is 332 g/mol. The molecule has 1 aromatic carbocycles. The zero-order chi connectivity index (χ0) is 14.5. The van der Waals surface area contributed by atoms with Crippen molar-refractivity contribution in [1.29, 1.82) is 0 Å². The lowest BCUT2D eigenvalue weighted by molar-refractivity contribution is 0.215. The summed E-state index contributed by atoms with van der Waals surface area (Å²) in [5.74, 6) is 2.40. The molecule has 2 atom stereocenters. The fourth-order valence-electron chi connectivity index (χ4n) is 2.67. The summed E-state index contributed by atoms with van der Waals surface area (Å²) in [6.07, 6.45) is 0.919. The molecule has 1 saturated heterocycles. The summed E-state index contributed by atoms with van der Waals surface area (Å²) in [5.41, 5.74) is 1.13. The van der Waals surface area contributed by atoms with Crippen molar-refractivity contribution in [2.75, 3.05) is 31.6 Å². The van der Waals surface area contributed by atoms with Crippen molar-refractivity contribution in [2.24, 2.45) is 0 Å². The van der Waals surface area contributed by atoms with Gasteiger partial charge in [-0.05, 0) is 43.8 Å². The van der Waals surface area contributed by atoms with E-state index in [2.05, 4.69) is 24.2 Å². The van der Waals surface area contributed by atoms with E-state index in [4.69, 9.17) is 23.2 Å². The quantitative estimate of drug-likeness (QED) is 0.887. The van der Waals surface area contributed by atoms with Crippen LogP contribution in [0.2, 0.25) is 10.0 Å². The van der Waals surface area contributed by atoms with Gasteiger partial charge in [-0.15, -0.1) is 0 Å². The van der Waals surface area contributed by atoms with Gasteiger partial charge in [0.2, 0.25) is 0 Å². The second kappa shape index (κ2) is 7.90. The number of hydrogen-bond donors (Lipinski definition) is 1. The zero-order valence-electron chi connectivity index (χ0n) is 12.0. The lowest BCUT2D eigenvalue weighted by Crippen LogP contribution is -2.53. The molecule has 1 aromatic rings. The number of halogens is 2. The largest absolute Gasteiger partial charge is 0.312 e. The van der Waals surface area contributed by atoms with Crippen molar-refractivity contribution < 1.29 is 0 Å². The Kier molecular flexibility index (Phi) is 6.50. The molecule has 1 fully saturated rings. The van der Waals surface area contributed by atoms with Crippen molar-refractivity contribution >= 4 is 35.0 Å². The average Bonchev–Trinajstić information content (AvgIpc) is 2.43. The molecule has 2 rings (SSSR count). The molecule has 0 spiro atoms. The van der Waals surface area contributed by atoms with Gasteiger partial charge in [-0.3, -0.25) is 0 Å². The summed E-state index contributed by atoms with van der Waals surface area (Å²) < 4.78 is 0. The molecule has 0 bridgehead atoms. The molecule has 1 aliphatic rings. The van der Waals surface area contributed by atoms with Crippen LogP contribution in [-0.4, -0.2) is 48.6 Å². The van der Waals surface area contributed by atoms with Gasteiger partial charge in [0.15, 0.2) is 0 Å². The molecule has 0 saturated carbocycles. The van der Waals surface area contributed by atoms with Crippen LogP contribution in [0.4, 0.5) is 0 Å². The molecule has 0 radical (unpaired) electrons. The van der Waals surface area contributed by atoms with Gasteiger partial charge in [0, 0.05) is 40.2 Å². The molecule has 1 N–H and O–H groups in total. The summed E-state index contributed by atoms with van der Waals surface area (Å²) in [4.78, 5) is 2.46. The van der Waals surface area contributed by atoms with Gasteiger partial charge in [0.25, 0.3) is 0 Å². The fraction of sp³-hybridized carbons (Fsp3) is 0.600. The maximum atomic E-state index is 6.31. The Morgan fingerprint density at radius 2 is 2.25 bits per heavy atom. The highest BCUT2D eigenvalue weighted by Gasteiger charge is 2.28. The average molecular weight is 333 g/mol. The van der Waals surface area contributed by atoms with Gasteiger partial charge in [-0.1, -0.05) is 30.1 Å². The number of hydrogen-bond acceptors (Lipinski definition) is 3. The maximum Gasteiger partial charge on any atom is 0.0439 e. The number of nitrogens with zero attached hydrogens (tertiary/aromatic N) is 1. The van der Waals surface area contributed by atoms with E-state index >= 15 is 0 Å². The summed E-state index contributed by atoms with van der Waals surface area (Å²) in [5, 5.41) is 5.19. The zero-order valence-corrected chi connectivity index (χ0v) is 14.4. The van der Waals surface area contributed by atoms with Gasteiger partial charge in [0.05, 0.1) is 0 Å². The van der Waals surface area contributed by atoms with Crippen molar-refractivity contribution in [3.8, 4) is 0 Å². The first kappa shape index (κ1) is 16.4. The van der Waals surface area contributed by atoms with Crippen molar-refractivity contribution in [2.45, 2.75) is 25.4 Å². The van der Waals surface area contributed by atoms with Crippen LogP contribution in [-0.2, 0) is 6.42 Å². The molecule has 0 aliphatic carbocycles. The van der Waals surface area contributed by atoms with Crippen LogP contribution in [0, 0.1) is 0 Å². The smallest absolute Gasteiger partial charge is 0.0439 e. The minimum absolute atomic E-state index is 0.411. The Hall–Kier alpha value is 0.0700. The van der Waals surface area contributed by atoms with Gasteiger partial charge < -0.3 is 10.2 Å². The van der Waals surface area contributed by atoms with Gasteiger partial charge >= 0.3 is 0 Å². The lowest BCUT2D eigenvalue weighted by atomic mass is 9.99. The highest BCUT2D eigenvalue weighted by Crippen LogP contribution is 2.25. The maximum absolute atomic E-state index is 6.31. The number of rotatable bonds is 5. The number of benzene rings is 1. The molecule has 5 heteroatoms. The topological polar surface area (TPSA) is 15.3 Å². The highest BCUT2D eigenvalue weighted by atomic mass is 35.5. The Balaban J connectivity index is 2.13. The third kappa shape index (κ3) is 4.28. The predicted molar refractivity (Wildman–Crippen MR) is 91.4 cm³/mol. The Morgan fingerprint density at radius 3 is 2.95 bits per heavy atom. The molecular formula is C15H22Cl2N2S. The SMILES string of the molecule is CCNC(Cc1cc(Cl)ccc1Cl)C1CSCCN1C. The first-order valence-corrected chi connectivity index (χ1v) is 8.98. The summed E-state index contributed by atoms with van der Waals surface area (Å²) in [6, 6.07) is 6.68. The molecule has 2 nitrogen and oxygen atoms in total. The third-order valence-electron chi connectivity index (χ3n) is 3.82. The van der Waals surface area contributed by atoms with Gasteiger partial charge in [-0.25, -0.2) is 0 Å². The Morgan fingerprint density at radius 1 is 1.45 bits per heavy atom. The summed E-state index contributed by atoms with van der Waals surface area (Å²) >= 11 is 14.4. The minimum atomic E-state index is 0.411. The molecular weight excluding hydrogens is 311 g/mol. The minimum Gasteiger partial charge on any atom is -0.312 e. The van der Waals surface area contributed by atoms with Crippen molar-refractivity contribution in [3.05, 3.63) is 33.8 Å². The third-order valence-corrected chi connectivity index (χ3v) is 5.47. The molecule has 0 amide bonds. The van der Waals surface area contributed by atoms with Crippen LogP contribution >= 0.6 is 35.0 Å². The molecule has 0 aromatic heterocycles. The van der Waals surface area contributed by atoms with Crippen molar-refractivity contribution in [1.82, 2.24) is 10.2 Å². The molecule has 1 heterocycles. The summed E-state index contributed by atoms with van der Waals surface area (Å²) in [6.45, 7) is 4.28. The van der Waals surface area contributed by atoms with Crippen LogP contribution in [0.5, 0.6) is 0 Å². The Bertz CT molecular complexity index is 442. The Labute approximate surface area is 136 Å². The van der Waals surface area contributed by atoms with E-state index in [1.165, 1.54) is 11.5 Å². The molecule has 1 aliphatic heterocycles. The van der Waals surface area contributed by atoms with Crippen molar-refractivity contribution in [3.63, 3.8) is 0 Å². The predicted octanol–water partition coefficient (Wildman–Crippen LogP) is 3.56. The first-order valence-electron chi connectivity index (χ1n) is 7.07. The van der Waals surface area contributed by atoms with E-state index in [-0.39, 0.29) is 0 Å². The molecule has 2 unspecified atom stereocenters. The number of thioether (sulfide) groups is 1. The number of nitrogens with one attached hydrogen (secondary N) is 1. The standard InChI is InChI=1S/C15H22Cl2N2S/c1-3-18-14(15-10-20-7-6-19(15)2)9-11-8-12(16)4-5-13(11)17/h4-5,8,14-15,18H,3,6-7,9-10H2,1-2H3. The highest BCUT2D eigenvalue weighted by molar-refractivity contribution is 7.99. The fourth-order valence-corrected chi connectivity index (χ4v) is 4.37. The van der Waals surface area contributed by atoms with E-state index in [0.717, 1.165) is 35.1 Å². The van der Waals surface area contributed by atoms with E-state index in [0.29, 0.717) is 12.1 Å².